The van der Waals surface area contributed by atoms with E-state index in [4.69, 9.17) is 4.74 Å². The van der Waals surface area contributed by atoms with E-state index in [1.165, 1.54) is 67.3 Å². The zero-order valence-corrected chi connectivity index (χ0v) is 27.8. The van der Waals surface area contributed by atoms with E-state index in [0.29, 0.717) is 0 Å². The Balaban J connectivity index is 0.00000316. The summed E-state index contributed by atoms with van der Waals surface area (Å²) in [6, 6.07) is 28.1. The van der Waals surface area contributed by atoms with Crippen LogP contribution in [0.2, 0.25) is 0 Å². The maximum absolute atomic E-state index is 5.90. The number of anilines is 2. The third-order valence-corrected chi connectivity index (χ3v) is 10.7. The second-order valence-corrected chi connectivity index (χ2v) is 13.0. The summed E-state index contributed by atoms with van der Waals surface area (Å²) in [6.07, 6.45) is 0.0532. The van der Waals surface area contributed by atoms with E-state index in [0.717, 1.165) is 11.3 Å². The van der Waals surface area contributed by atoms with Gasteiger partial charge in [-0.1, -0.05) is 81.3 Å². The zero-order valence-electron chi connectivity index (χ0n) is 26.1. The summed E-state index contributed by atoms with van der Waals surface area (Å²) >= 11 is 0. The third-order valence-electron chi connectivity index (χ3n) is 10.7. The van der Waals surface area contributed by atoms with Crippen LogP contribution in [0, 0.1) is 32.3 Å². The Labute approximate surface area is 264 Å². The van der Waals surface area contributed by atoms with Crippen LogP contribution in [0.4, 0.5) is 11.4 Å². The number of methoxy groups -OCH3 is 1. The van der Waals surface area contributed by atoms with Crippen molar-refractivity contribution in [3.63, 3.8) is 0 Å². The molecule has 0 saturated heterocycles. The topological polar surface area (TPSA) is 15.7 Å². The van der Waals surface area contributed by atoms with Gasteiger partial charge >= 0.3 is 19.5 Å². The molecule has 0 aliphatic carbocycles. The van der Waals surface area contributed by atoms with Crippen LogP contribution in [-0.2, 0) is 24.9 Å². The molecule has 42 heavy (non-hydrogen) atoms. The smallest absolute Gasteiger partial charge is 0.496 e. The monoisotopic (exact) mass is 641 g/mol. The van der Waals surface area contributed by atoms with Gasteiger partial charge in [0.05, 0.1) is 24.2 Å². The van der Waals surface area contributed by atoms with E-state index in [2.05, 4.69) is 138 Å². The van der Waals surface area contributed by atoms with Crippen molar-refractivity contribution in [3.05, 3.63) is 106 Å². The molecule has 0 fully saturated rings. The van der Waals surface area contributed by atoms with Crippen molar-refractivity contribution in [2.75, 3.05) is 16.9 Å². The standard InChI is InChI=1S/C38H39N2O.Ru/c1-22-18-19-30-28-16-11-10-14-26(28)27-15-12-13-17-29(27)35-36-38(7,8)37(5,6)31-20-21-32(41-9)24(3)34(31)40(36)25(4)39(35)33(30)23(22)2;/h10-15,17-21,25H,1-9H3;/q-1;+1/t25-;/m0./s1. The van der Waals surface area contributed by atoms with Gasteiger partial charge in [-0.2, -0.15) is 0 Å². The van der Waals surface area contributed by atoms with Crippen molar-refractivity contribution in [1.82, 2.24) is 0 Å². The molecule has 0 aromatic heterocycles. The minimum atomic E-state index is -0.171. The molecule has 3 nitrogen and oxygen atoms in total. The summed E-state index contributed by atoms with van der Waals surface area (Å²) < 4.78 is 5.90. The van der Waals surface area contributed by atoms with Crippen LogP contribution in [-0.4, -0.2) is 13.3 Å². The van der Waals surface area contributed by atoms with Crippen LogP contribution in [0.5, 0.6) is 5.75 Å². The molecule has 0 bridgehead atoms. The Kier molecular flexibility index (Phi) is 6.56. The number of nitrogens with zero attached hydrogens (tertiary/aromatic N) is 2. The van der Waals surface area contributed by atoms with Crippen LogP contribution < -0.4 is 14.5 Å². The van der Waals surface area contributed by atoms with Crippen molar-refractivity contribution in [1.29, 1.82) is 0 Å². The molecular formula is C38H39N2ORu. The van der Waals surface area contributed by atoms with E-state index in [9.17, 15) is 0 Å². The third kappa shape index (κ3) is 3.48. The van der Waals surface area contributed by atoms with E-state index in [-0.39, 0.29) is 36.5 Å². The molecule has 3 heterocycles. The molecule has 4 aromatic rings. The summed E-state index contributed by atoms with van der Waals surface area (Å²) in [5.41, 5.74) is 16.3. The first-order valence-corrected chi connectivity index (χ1v) is 14.7. The normalized spacial score (nSPS) is 18.8. The quantitative estimate of drug-likeness (QED) is 0.152. The first kappa shape index (κ1) is 28.7. The Morgan fingerprint density at radius 3 is 2.12 bits per heavy atom. The van der Waals surface area contributed by atoms with Gasteiger partial charge in [-0.3, -0.25) is 0 Å². The molecule has 0 amide bonds. The van der Waals surface area contributed by atoms with Crippen molar-refractivity contribution in [2.45, 2.75) is 67.0 Å². The molecule has 3 aliphatic heterocycles. The van der Waals surface area contributed by atoms with Gasteiger partial charge in [0.15, 0.2) is 0 Å². The summed E-state index contributed by atoms with van der Waals surface area (Å²) in [7, 11) is 1.78. The number of rotatable bonds is 1. The average Bonchev–Trinajstić information content (AvgIpc) is 3.25. The molecule has 0 spiro atoms. The molecule has 215 valence electrons. The maximum Gasteiger partial charge on any atom is 1.00 e. The first-order chi connectivity index (χ1) is 19.5. The maximum atomic E-state index is 5.90. The summed E-state index contributed by atoms with van der Waals surface area (Å²) in [5, 5.41) is 0. The second-order valence-electron chi connectivity index (χ2n) is 13.0. The fourth-order valence-electron chi connectivity index (χ4n) is 7.64. The van der Waals surface area contributed by atoms with Crippen LogP contribution >= 0.6 is 0 Å². The van der Waals surface area contributed by atoms with E-state index < -0.39 is 0 Å². The number of hydrogen-bond acceptors (Lipinski definition) is 3. The van der Waals surface area contributed by atoms with Gasteiger partial charge in [0.25, 0.3) is 0 Å². The van der Waals surface area contributed by atoms with Gasteiger partial charge in [-0.25, -0.2) is 0 Å². The van der Waals surface area contributed by atoms with Crippen molar-refractivity contribution in [2.24, 2.45) is 5.41 Å². The van der Waals surface area contributed by atoms with E-state index in [1.54, 1.807) is 7.11 Å². The summed E-state index contributed by atoms with van der Waals surface area (Å²) in [4.78, 5) is 5.28. The zero-order chi connectivity index (χ0) is 29.0. The number of allylic oxidation sites excluding steroid dienone is 1. The SMILES string of the molecule is COc1ccc2c(c1C)N1C(=C3c4ccccc4-c4ccc[c-]c4-c4ccc(C)c(C)c4N3[C@@H]1C)C(C)(C)C2(C)C.[Ru+]. The minimum Gasteiger partial charge on any atom is -0.496 e. The van der Waals surface area contributed by atoms with Gasteiger partial charge in [0.2, 0.25) is 0 Å². The molecule has 4 heteroatoms. The molecule has 1 atom stereocenters. The van der Waals surface area contributed by atoms with Gasteiger partial charge < -0.3 is 14.5 Å². The molecule has 0 N–H and O–H groups in total. The first-order valence-electron chi connectivity index (χ1n) is 14.7. The van der Waals surface area contributed by atoms with Crippen LogP contribution in [0.15, 0.2) is 72.4 Å². The number of hydrogen-bond donors (Lipinski definition) is 0. The number of fused-ring (bicyclic) bond motifs is 11. The fraction of sp³-hybridized carbons (Fsp3) is 0.316. The molecule has 0 unspecified atom stereocenters. The predicted octanol–water partition coefficient (Wildman–Crippen LogP) is 9.42. The van der Waals surface area contributed by atoms with Gasteiger partial charge in [-0.05, 0) is 56.0 Å². The second kappa shape index (κ2) is 9.58. The fourth-order valence-corrected chi connectivity index (χ4v) is 7.64. The molecule has 7 rings (SSSR count). The minimum absolute atomic E-state index is 0. The van der Waals surface area contributed by atoms with E-state index in [1.807, 2.05) is 0 Å². The molecule has 1 radical (unpaired) electrons. The van der Waals surface area contributed by atoms with Gasteiger partial charge in [-0.15, -0.1) is 35.4 Å². The van der Waals surface area contributed by atoms with Crippen LogP contribution in [0.1, 0.15) is 62.4 Å². The average molecular weight is 641 g/mol. The summed E-state index contributed by atoms with van der Waals surface area (Å²) in [6.45, 7) is 18.8. The molecular weight excluding hydrogens is 602 g/mol. The number of ether oxygens (including phenoxy) is 1. The number of aryl methyl sites for hydroxylation is 1. The predicted molar refractivity (Wildman–Crippen MR) is 172 cm³/mol. The Bertz CT molecular complexity index is 1800. The van der Waals surface area contributed by atoms with Crippen LogP contribution in [0.3, 0.4) is 0 Å². The Morgan fingerprint density at radius 2 is 1.40 bits per heavy atom. The van der Waals surface area contributed by atoms with Crippen molar-refractivity contribution >= 4 is 17.1 Å². The molecule has 0 saturated carbocycles. The summed E-state index contributed by atoms with van der Waals surface area (Å²) in [5.74, 6) is 0.935. The van der Waals surface area contributed by atoms with Crippen molar-refractivity contribution in [3.8, 4) is 28.0 Å². The molecule has 3 aliphatic rings. The van der Waals surface area contributed by atoms with Crippen LogP contribution in [0.25, 0.3) is 28.0 Å². The van der Waals surface area contributed by atoms with Gasteiger partial charge in [0.1, 0.15) is 11.9 Å². The Morgan fingerprint density at radius 1 is 0.714 bits per heavy atom. The van der Waals surface area contributed by atoms with Crippen molar-refractivity contribution < 1.29 is 24.2 Å². The largest absolute Gasteiger partial charge is 1.00 e. The van der Waals surface area contributed by atoms with E-state index >= 15 is 0 Å². The Hall–Kier alpha value is -3.36. The van der Waals surface area contributed by atoms with Gasteiger partial charge in [0, 0.05) is 22.1 Å². The molecule has 4 aromatic carbocycles. The number of benzene rings is 4.